The SMILES string of the molecule is Cc1cc(CNC(C)c2ccc(Cl)cc2)sc1C. The van der Waals surface area contributed by atoms with Crippen LogP contribution in [0.15, 0.2) is 30.3 Å². The summed E-state index contributed by atoms with van der Waals surface area (Å²) < 4.78 is 0. The lowest BCUT2D eigenvalue weighted by molar-refractivity contribution is 0.579. The third-order valence-electron chi connectivity index (χ3n) is 3.17. The standard InChI is InChI=1S/C15H18ClNS/c1-10-8-15(18-12(10)3)9-17-11(2)13-4-6-14(16)7-5-13/h4-8,11,17H,9H2,1-3H3. The molecule has 0 spiro atoms. The summed E-state index contributed by atoms with van der Waals surface area (Å²) in [4.78, 5) is 2.80. The molecule has 0 aliphatic heterocycles. The van der Waals surface area contributed by atoms with Crippen molar-refractivity contribution in [2.24, 2.45) is 0 Å². The minimum absolute atomic E-state index is 0.338. The largest absolute Gasteiger partial charge is 0.305 e. The Morgan fingerprint density at radius 2 is 1.89 bits per heavy atom. The second-order valence-electron chi connectivity index (χ2n) is 4.61. The maximum Gasteiger partial charge on any atom is 0.0406 e. The van der Waals surface area contributed by atoms with Crippen molar-refractivity contribution in [2.45, 2.75) is 33.4 Å². The van der Waals surface area contributed by atoms with Crippen LogP contribution in [0.2, 0.25) is 5.02 Å². The van der Waals surface area contributed by atoms with Crippen LogP contribution in [0.1, 0.15) is 33.8 Å². The van der Waals surface area contributed by atoms with Crippen LogP contribution >= 0.6 is 22.9 Å². The van der Waals surface area contributed by atoms with Gasteiger partial charge in [0.05, 0.1) is 0 Å². The number of hydrogen-bond donors (Lipinski definition) is 1. The number of halogens is 1. The van der Waals surface area contributed by atoms with Crippen molar-refractivity contribution in [3.63, 3.8) is 0 Å². The van der Waals surface area contributed by atoms with Crippen molar-refractivity contribution in [2.75, 3.05) is 0 Å². The first kappa shape index (κ1) is 13.6. The van der Waals surface area contributed by atoms with Gasteiger partial charge in [-0.25, -0.2) is 0 Å². The molecule has 0 bridgehead atoms. The van der Waals surface area contributed by atoms with Gasteiger partial charge in [-0.05, 0) is 50.1 Å². The van der Waals surface area contributed by atoms with E-state index in [1.165, 1.54) is 20.9 Å². The van der Waals surface area contributed by atoms with E-state index < -0.39 is 0 Å². The molecule has 96 valence electrons. The van der Waals surface area contributed by atoms with E-state index in [9.17, 15) is 0 Å². The van der Waals surface area contributed by atoms with Crippen molar-refractivity contribution in [3.05, 3.63) is 56.2 Å². The van der Waals surface area contributed by atoms with Gasteiger partial charge in [-0.15, -0.1) is 11.3 Å². The molecule has 0 amide bonds. The summed E-state index contributed by atoms with van der Waals surface area (Å²) in [7, 11) is 0. The molecule has 1 atom stereocenters. The van der Waals surface area contributed by atoms with E-state index in [-0.39, 0.29) is 0 Å². The van der Waals surface area contributed by atoms with E-state index in [2.05, 4.69) is 44.3 Å². The Labute approximate surface area is 118 Å². The van der Waals surface area contributed by atoms with Crippen molar-refractivity contribution in [1.82, 2.24) is 5.32 Å². The van der Waals surface area contributed by atoms with Crippen LogP contribution in [0, 0.1) is 13.8 Å². The number of rotatable bonds is 4. The molecule has 2 aromatic rings. The molecular weight excluding hydrogens is 262 g/mol. The zero-order valence-electron chi connectivity index (χ0n) is 11.0. The normalized spacial score (nSPS) is 12.7. The van der Waals surface area contributed by atoms with Crippen LogP contribution in [-0.2, 0) is 6.54 Å². The Kier molecular flexibility index (Phi) is 4.44. The predicted octanol–water partition coefficient (Wildman–Crippen LogP) is 4.87. The first-order valence-corrected chi connectivity index (χ1v) is 7.30. The van der Waals surface area contributed by atoms with Gasteiger partial charge >= 0.3 is 0 Å². The predicted molar refractivity (Wildman–Crippen MR) is 80.5 cm³/mol. The molecule has 0 saturated carbocycles. The van der Waals surface area contributed by atoms with Gasteiger partial charge in [-0.1, -0.05) is 23.7 Å². The quantitative estimate of drug-likeness (QED) is 0.842. The smallest absolute Gasteiger partial charge is 0.0406 e. The molecule has 1 unspecified atom stereocenters. The number of benzene rings is 1. The third-order valence-corrected chi connectivity index (χ3v) is 4.57. The molecule has 2 rings (SSSR count). The average Bonchev–Trinajstić information content (AvgIpc) is 2.67. The lowest BCUT2D eigenvalue weighted by atomic mass is 10.1. The summed E-state index contributed by atoms with van der Waals surface area (Å²) in [5.74, 6) is 0. The molecule has 1 N–H and O–H groups in total. The summed E-state index contributed by atoms with van der Waals surface area (Å²) in [6.45, 7) is 7.43. The van der Waals surface area contributed by atoms with Gasteiger partial charge in [0.1, 0.15) is 0 Å². The second kappa shape index (κ2) is 5.87. The van der Waals surface area contributed by atoms with Gasteiger partial charge in [0.25, 0.3) is 0 Å². The van der Waals surface area contributed by atoms with Crippen molar-refractivity contribution >= 4 is 22.9 Å². The van der Waals surface area contributed by atoms with Crippen LogP contribution < -0.4 is 5.32 Å². The van der Waals surface area contributed by atoms with Crippen molar-refractivity contribution in [3.8, 4) is 0 Å². The molecule has 1 nitrogen and oxygen atoms in total. The van der Waals surface area contributed by atoms with Crippen LogP contribution in [0.4, 0.5) is 0 Å². The Hall–Kier alpha value is -0.830. The molecule has 1 heterocycles. The zero-order valence-corrected chi connectivity index (χ0v) is 12.5. The van der Waals surface area contributed by atoms with Gasteiger partial charge in [-0.3, -0.25) is 0 Å². The van der Waals surface area contributed by atoms with Crippen molar-refractivity contribution in [1.29, 1.82) is 0 Å². The highest BCUT2D eigenvalue weighted by molar-refractivity contribution is 7.12. The first-order valence-electron chi connectivity index (χ1n) is 6.11. The molecular formula is C15H18ClNS. The zero-order chi connectivity index (χ0) is 13.1. The minimum atomic E-state index is 0.338. The minimum Gasteiger partial charge on any atom is -0.305 e. The van der Waals surface area contributed by atoms with Crippen LogP contribution in [-0.4, -0.2) is 0 Å². The van der Waals surface area contributed by atoms with E-state index in [1.807, 2.05) is 23.5 Å². The fourth-order valence-corrected chi connectivity index (χ4v) is 2.99. The second-order valence-corrected chi connectivity index (χ2v) is 6.38. The van der Waals surface area contributed by atoms with E-state index in [0.29, 0.717) is 6.04 Å². The van der Waals surface area contributed by atoms with E-state index in [4.69, 9.17) is 11.6 Å². The van der Waals surface area contributed by atoms with E-state index >= 15 is 0 Å². The lowest BCUT2D eigenvalue weighted by Crippen LogP contribution is -2.17. The summed E-state index contributed by atoms with van der Waals surface area (Å²) >= 11 is 7.76. The Morgan fingerprint density at radius 1 is 1.22 bits per heavy atom. The molecule has 18 heavy (non-hydrogen) atoms. The summed E-state index contributed by atoms with van der Waals surface area (Å²) in [5, 5.41) is 4.33. The Bertz CT molecular complexity index is 496. The van der Waals surface area contributed by atoms with Gasteiger partial charge in [0, 0.05) is 27.4 Å². The number of thiophene rings is 1. The van der Waals surface area contributed by atoms with Gasteiger partial charge in [-0.2, -0.15) is 0 Å². The molecule has 0 radical (unpaired) electrons. The third kappa shape index (κ3) is 3.35. The fourth-order valence-electron chi connectivity index (χ4n) is 1.86. The van der Waals surface area contributed by atoms with Crippen molar-refractivity contribution < 1.29 is 0 Å². The maximum absolute atomic E-state index is 5.89. The van der Waals surface area contributed by atoms with Gasteiger partial charge in [0.2, 0.25) is 0 Å². The Balaban J connectivity index is 1.95. The molecule has 0 saturated heterocycles. The monoisotopic (exact) mass is 279 g/mol. The summed E-state index contributed by atoms with van der Waals surface area (Å²) in [6, 6.07) is 10.6. The highest BCUT2D eigenvalue weighted by Crippen LogP contribution is 2.22. The van der Waals surface area contributed by atoms with E-state index in [0.717, 1.165) is 11.6 Å². The molecule has 0 aliphatic rings. The number of nitrogens with one attached hydrogen (secondary N) is 1. The van der Waals surface area contributed by atoms with Crippen LogP contribution in [0.5, 0.6) is 0 Å². The first-order chi connectivity index (χ1) is 8.56. The maximum atomic E-state index is 5.89. The van der Waals surface area contributed by atoms with Crippen LogP contribution in [0.25, 0.3) is 0 Å². The topological polar surface area (TPSA) is 12.0 Å². The van der Waals surface area contributed by atoms with Gasteiger partial charge in [0.15, 0.2) is 0 Å². The molecule has 1 aromatic heterocycles. The summed E-state index contributed by atoms with van der Waals surface area (Å²) in [6.07, 6.45) is 0. The molecule has 0 aliphatic carbocycles. The average molecular weight is 280 g/mol. The summed E-state index contributed by atoms with van der Waals surface area (Å²) in [5.41, 5.74) is 2.65. The molecule has 1 aromatic carbocycles. The van der Waals surface area contributed by atoms with Gasteiger partial charge < -0.3 is 5.32 Å². The molecule has 0 fully saturated rings. The molecule has 3 heteroatoms. The highest BCUT2D eigenvalue weighted by atomic mass is 35.5. The van der Waals surface area contributed by atoms with E-state index in [1.54, 1.807) is 0 Å². The highest BCUT2D eigenvalue weighted by Gasteiger charge is 2.06. The number of hydrogen-bond acceptors (Lipinski definition) is 2. The lowest BCUT2D eigenvalue weighted by Gasteiger charge is -2.13. The Morgan fingerprint density at radius 3 is 2.44 bits per heavy atom. The fraction of sp³-hybridized carbons (Fsp3) is 0.333. The number of aryl methyl sites for hydroxylation is 2. The van der Waals surface area contributed by atoms with Crippen LogP contribution in [0.3, 0.4) is 0 Å².